The Bertz CT molecular complexity index is 947. The highest BCUT2D eigenvalue weighted by atomic mass is 35.5. The first-order chi connectivity index (χ1) is 15.4. The van der Waals surface area contributed by atoms with Gasteiger partial charge in [0.1, 0.15) is 4.88 Å². The molecule has 2 N–H and O–H groups in total. The van der Waals surface area contributed by atoms with Crippen molar-refractivity contribution in [2.75, 3.05) is 31.2 Å². The molecule has 176 valence electrons. The summed E-state index contributed by atoms with van der Waals surface area (Å²) < 4.78 is 11.2. The van der Waals surface area contributed by atoms with Gasteiger partial charge in [-0.05, 0) is 33.1 Å². The summed E-state index contributed by atoms with van der Waals surface area (Å²) in [4.78, 5) is 39.2. The van der Waals surface area contributed by atoms with Gasteiger partial charge >= 0.3 is 5.97 Å². The van der Waals surface area contributed by atoms with E-state index in [1.54, 1.807) is 6.92 Å². The number of ether oxygens (including phenoxy) is 2. The molecule has 2 aromatic rings. The van der Waals surface area contributed by atoms with Crippen LogP contribution in [-0.4, -0.2) is 65.3 Å². The van der Waals surface area contributed by atoms with E-state index in [1.165, 1.54) is 11.3 Å². The first-order valence-corrected chi connectivity index (χ1v) is 12.1. The van der Waals surface area contributed by atoms with E-state index >= 15 is 0 Å². The zero-order chi connectivity index (χ0) is 23.3. The Hall–Kier alpha value is -2.17. The summed E-state index contributed by atoms with van der Waals surface area (Å²) in [7, 11) is 0. The molecule has 3 heterocycles. The lowest BCUT2D eigenvalue weighted by Crippen LogP contribution is -2.55. The van der Waals surface area contributed by atoms with Crippen molar-refractivity contribution in [3.63, 3.8) is 0 Å². The Balaban J connectivity index is 1.71. The molecule has 0 aliphatic carbocycles. The first kappa shape index (κ1) is 24.5. The highest BCUT2D eigenvalue weighted by Gasteiger charge is 2.33. The summed E-state index contributed by atoms with van der Waals surface area (Å²) in [6, 6.07) is -0.176. The Morgan fingerprint density at radius 2 is 2.09 bits per heavy atom. The van der Waals surface area contributed by atoms with Gasteiger partial charge in [0.25, 0.3) is 5.91 Å². The van der Waals surface area contributed by atoms with Crippen molar-refractivity contribution in [3.8, 4) is 0 Å². The van der Waals surface area contributed by atoms with Crippen molar-refractivity contribution >= 4 is 39.9 Å². The van der Waals surface area contributed by atoms with Crippen molar-refractivity contribution in [2.45, 2.75) is 59.1 Å². The van der Waals surface area contributed by atoms with Gasteiger partial charge in [-0.3, -0.25) is 4.79 Å². The van der Waals surface area contributed by atoms with Crippen LogP contribution in [0.15, 0.2) is 0 Å². The van der Waals surface area contributed by atoms with Gasteiger partial charge < -0.3 is 24.7 Å². The van der Waals surface area contributed by atoms with Crippen molar-refractivity contribution < 1.29 is 19.1 Å². The van der Waals surface area contributed by atoms with Crippen LogP contribution in [0, 0.1) is 6.92 Å². The lowest BCUT2D eigenvalue weighted by atomic mass is 10.0. The SMILES string of the molecule is CCCO[C@@H]1CN(c2nc(C)c(C(=O)OCC)s2)CC[C@@H]1NC(=O)c1nc(Cl)c(CC)[nH]1. The molecule has 2 atom stereocenters. The average molecular weight is 484 g/mol. The zero-order valence-corrected chi connectivity index (χ0v) is 20.4. The quantitative estimate of drug-likeness (QED) is 0.526. The fourth-order valence-corrected chi connectivity index (χ4v) is 4.82. The maximum Gasteiger partial charge on any atom is 0.350 e. The number of carbonyl (C=O) groups is 2. The summed E-state index contributed by atoms with van der Waals surface area (Å²) in [6.45, 7) is 9.71. The summed E-state index contributed by atoms with van der Waals surface area (Å²) in [6.07, 6.45) is 1.98. The minimum atomic E-state index is -0.349. The van der Waals surface area contributed by atoms with Crippen LogP contribution in [0.2, 0.25) is 5.15 Å². The molecule has 9 nitrogen and oxygen atoms in total. The monoisotopic (exact) mass is 483 g/mol. The lowest BCUT2D eigenvalue weighted by molar-refractivity contribution is 0.0204. The molecular formula is C21H30ClN5O4S. The third-order valence-corrected chi connectivity index (χ3v) is 6.74. The van der Waals surface area contributed by atoms with Crippen molar-refractivity contribution in [1.29, 1.82) is 0 Å². The second kappa shape index (κ2) is 11.1. The molecule has 0 saturated carbocycles. The summed E-state index contributed by atoms with van der Waals surface area (Å²) >= 11 is 7.41. The number of piperidine rings is 1. The number of esters is 1. The molecule has 11 heteroatoms. The molecule has 1 aliphatic heterocycles. The number of H-pyrrole nitrogens is 1. The second-order valence-electron chi connectivity index (χ2n) is 7.56. The molecule has 0 radical (unpaired) electrons. The number of aromatic nitrogens is 3. The van der Waals surface area contributed by atoms with Gasteiger partial charge in [0.15, 0.2) is 16.1 Å². The van der Waals surface area contributed by atoms with Crippen LogP contribution in [0.4, 0.5) is 5.13 Å². The highest BCUT2D eigenvalue weighted by Crippen LogP contribution is 2.30. The minimum Gasteiger partial charge on any atom is -0.462 e. The molecule has 2 aromatic heterocycles. The number of aromatic amines is 1. The van der Waals surface area contributed by atoms with Crippen molar-refractivity contribution in [1.82, 2.24) is 20.3 Å². The van der Waals surface area contributed by atoms with E-state index in [2.05, 4.69) is 25.2 Å². The number of aryl methyl sites for hydroxylation is 2. The number of thiazole rings is 1. The first-order valence-electron chi connectivity index (χ1n) is 10.9. The van der Waals surface area contributed by atoms with E-state index < -0.39 is 0 Å². The molecular weight excluding hydrogens is 454 g/mol. The number of hydrogen-bond donors (Lipinski definition) is 2. The number of anilines is 1. The van der Waals surface area contributed by atoms with Crippen LogP contribution in [0.25, 0.3) is 0 Å². The molecule has 1 saturated heterocycles. The number of carbonyl (C=O) groups excluding carboxylic acids is 2. The predicted molar refractivity (Wildman–Crippen MR) is 124 cm³/mol. The number of rotatable bonds is 9. The molecule has 0 unspecified atom stereocenters. The van der Waals surface area contributed by atoms with Gasteiger partial charge in [-0.2, -0.15) is 0 Å². The minimum absolute atomic E-state index is 0.176. The number of amides is 1. The Kier molecular flexibility index (Phi) is 8.50. The van der Waals surface area contributed by atoms with Gasteiger partial charge in [-0.1, -0.05) is 36.8 Å². The number of halogens is 1. The number of imidazole rings is 1. The third kappa shape index (κ3) is 5.60. The van der Waals surface area contributed by atoms with Crippen molar-refractivity contribution in [3.05, 3.63) is 27.2 Å². The maximum absolute atomic E-state index is 12.8. The fourth-order valence-electron chi connectivity index (χ4n) is 3.56. The zero-order valence-electron chi connectivity index (χ0n) is 18.9. The lowest BCUT2D eigenvalue weighted by Gasteiger charge is -2.38. The molecule has 1 aliphatic rings. The van der Waals surface area contributed by atoms with E-state index in [4.69, 9.17) is 21.1 Å². The van der Waals surface area contributed by atoms with E-state index in [-0.39, 0.29) is 29.8 Å². The van der Waals surface area contributed by atoms with Crippen LogP contribution >= 0.6 is 22.9 Å². The number of nitrogens with one attached hydrogen (secondary N) is 2. The normalized spacial score (nSPS) is 18.6. The number of nitrogens with zero attached hydrogens (tertiary/aromatic N) is 3. The second-order valence-corrected chi connectivity index (χ2v) is 8.90. The molecule has 1 amide bonds. The van der Waals surface area contributed by atoms with Crippen LogP contribution in [0.3, 0.4) is 0 Å². The Morgan fingerprint density at radius 1 is 1.31 bits per heavy atom. The van der Waals surface area contributed by atoms with Gasteiger partial charge in [0.05, 0.1) is 30.1 Å². The molecule has 1 fully saturated rings. The summed E-state index contributed by atoms with van der Waals surface area (Å²) in [5, 5.41) is 4.13. The van der Waals surface area contributed by atoms with E-state index in [0.29, 0.717) is 54.9 Å². The average Bonchev–Trinajstić information content (AvgIpc) is 3.35. The van der Waals surface area contributed by atoms with Gasteiger partial charge in [0.2, 0.25) is 0 Å². The molecule has 32 heavy (non-hydrogen) atoms. The Labute approximate surface area is 196 Å². The molecule has 0 aromatic carbocycles. The van der Waals surface area contributed by atoms with Crippen LogP contribution in [0.5, 0.6) is 0 Å². The third-order valence-electron chi connectivity index (χ3n) is 5.23. The topological polar surface area (TPSA) is 109 Å². The van der Waals surface area contributed by atoms with Crippen LogP contribution < -0.4 is 10.2 Å². The predicted octanol–water partition coefficient (Wildman–Crippen LogP) is 3.37. The smallest absolute Gasteiger partial charge is 0.350 e. The van der Waals surface area contributed by atoms with Gasteiger partial charge in [-0.15, -0.1) is 0 Å². The standard InChI is InChI=1S/C21H30ClN5O4S/c1-5-10-31-15-11-27(21-23-12(4)16(32-21)20(29)30-7-3)9-8-14(15)25-19(28)18-24-13(6-2)17(22)26-18/h14-15H,5-11H2,1-4H3,(H,24,26)(H,25,28)/t14-,15+/m0/s1. The molecule has 3 rings (SSSR count). The van der Waals surface area contributed by atoms with E-state index in [0.717, 1.165) is 17.2 Å². The fraction of sp³-hybridized carbons (Fsp3) is 0.619. The largest absolute Gasteiger partial charge is 0.462 e. The van der Waals surface area contributed by atoms with Gasteiger partial charge in [0, 0.05) is 19.7 Å². The van der Waals surface area contributed by atoms with E-state index in [1.807, 2.05) is 20.8 Å². The van der Waals surface area contributed by atoms with Crippen molar-refractivity contribution in [2.24, 2.45) is 0 Å². The highest BCUT2D eigenvalue weighted by molar-refractivity contribution is 7.17. The number of hydrogen-bond acceptors (Lipinski definition) is 8. The maximum atomic E-state index is 12.8. The summed E-state index contributed by atoms with van der Waals surface area (Å²) in [5.41, 5.74) is 1.40. The van der Waals surface area contributed by atoms with Gasteiger partial charge in [-0.25, -0.2) is 14.8 Å². The van der Waals surface area contributed by atoms with Crippen LogP contribution in [0.1, 0.15) is 65.3 Å². The Morgan fingerprint density at radius 3 is 2.75 bits per heavy atom. The molecule has 0 bridgehead atoms. The van der Waals surface area contributed by atoms with Crippen LogP contribution in [-0.2, 0) is 15.9 Å². The summed E-state index contributed by atoms with van der Waals surface area (Å²) in [5.74, 6) is -0.443. The molecule has 0 spiro atoms. The van der Waals surface area contributed by atoms with E-state index in [9.17, 15) is 9.59 Å².